The van der Waals surface area contributed by atoms with Crippen LogP contribution in [-0.4, -0.2) is 25.9 Å². The van der Waals surface area contributed by atoms with Gasteiger partial charge in [-0.2, -0.15) is 0 Å². The molecule has 1 atom stereocenters. The van der Waals surface area contributed by atoms with E-state index in [1.54, 1.807) is 10.9 Å². The summed E-state index contributed by atoms with van der Waals surface area (Å²) in [5, 5.41) is 11.1. The van der Waals surface area contributed by atoms with Gasteiger partial charge in [-0.25, -0.2) is 0 Å². The highest BCUT2D eigenvalue weighted by molar-refractivity contribution is 9.10. The van der Waals surface area contributed by atoms with Gasteiger partial charge in [0.1, 0.15) is 6.33 Å². The van der Waals surface area contributed by atoms with Crippen LogP contribution in [-0.2, 0) is 11.8 Å². The summed E-state index contributed by atoms with van der Waals surface area (Å²) in [7, 11) is 1.85. The molecular weight excluding hydrogens is 340 g/mol. The number of nitrogens with zero attached hydrogens (tertiary/aromatic N) is 3. The largest absolute Gasteiger partial charge is 0.324 e. The highest BCUT2D eigenvalue weighted by atomic mass is 79.9. The smallest absolute Gasteiger partial charge is 0.237 e. The van der Waals surface area contributed by atoms with Crippen LogP contribution in [0.5, 0.6) is 0 Å². The Kier molecular flexibility index (Phi) is 4.82. The van der Waals surface area contributed by atoms with Crippen molar-refractivity contribution in [3.8, 4) is 0 Å². The van der Waals surface area contributed by atoms with E-state index in [1.807, 2.05) is 39.1 Å². The third kappa shape index (κ3) is 3.61. The maximum absolute atomic E-state index is 12.2. The molecule has 0 aliphatic rings. The number of rotatable bonds is 4. The molecule has 1 aromatic carbocycles. The van der Waals surface area contributed by atoms with Crippen molar-refractivity contribution < 1.29 is 4.79 Å². The maximum atomic E-state index is 12.2. The van der Waals surface area contributed by atoms with Crippen LogP contribution in [0.3, 0.4) is 0 Å². The molecule has 0 unspecified atom stereocenters. The summed E-state index contributed by atoms with van der Waals surface area (Å²) in [5.74, 6) is -0.0671. The number of carbonyl (C=O) groups excluding carboxylic acids is 1. The van der Waals surface area contributed by atoms with Crippen molar-refractivity contribution in [2.45, 2.75) is 24.3 Å². The summed E-state index contributed by atoms with van der Waals surface area (Å²) in [6, 6.07) is 5.81. The van der Waals surface area contributed by atoms with Crippen molar-refractivity contribution in [1.29, 1.82) is 0 Å². The molecule has 5 nitrogen and oxygen atoms in total. The summed E-state index contributed by atoms with van der Waals surface area (Å²) < 4.78 is 2.66. The van der Waals surface area contributed by atoms with Gasteiger partial charge in [-0.05, 0) is 47.5 Å². The van der Waals surface area contributed by atoms with Gasteiger partial charge >= 0.3 is 0 Å². The molecule has 2 aromatic rings. The van der Waals surface area contributed by atoms with Crippen LogP contribution in [0, 0.1) is 6.92 Å². The van der Waals surface area contributed by atoms with E-state index in [1.165, 1.54) is 11.8 Å². The standard InChI is InChI=1S/C13H15BrN4OS/c1-8-4-5-11(10(14)6-8)16-12(19)9(2)20-13-17-15-7-18(13)3/h4-7,9H,1-3H3,(H,16,19)/t9-/m0/s1. The van der Waals surface area contributed by atoms with Crippen molar-refractivity contribution in [3.05, 3.63) is 34.6 Å². The van der Waals surface area contributed by atoms with Crippen LogP contribution in [0.4, 0.5) is 5.69 Å². The number of aromatic nitrogens is 3. The van der Waals surface area contributed by atoms with Crippen molar-refractivity contribution in [1.82, 2.24) is 14.8 Å². The lowest BCUT2D eigenvalue weighted by Gasteiger charge is -2.12. The number of anilines is 1. The number of thioether (sulfide) groups is 1. The zero-order chi connectivity index (χ0) is 14.7. The molecule has 1 aromatic heterocycles. The number of halogens is 1. The van der Waals surface area contributed by atoms with Crippen molar-refractivity contribution in [3.63, 3.8) is 0 Å². The summed E-state index contributed by atoms with van der Waals surface area (Å²) in [5.41, 5.74) is 1.90. The molecule has 20 heavy (non-hydrogen) atoms. The lowest BCUT2D eigenvalue weighted by Crippen LogP contribution is -2.23. The molecule has 0 aliphatic carbocycles. The van der Waals surface area contributed by atoms with Gasteiger partial charge in [0.2, 0.25) is 5.91 Å². The Morgan fingerprint density at radius 2 is 2.25 bits per heavy atom. The summed E-state index contributed by atoms with van der Waals surface area (Å²) >= 11 is 4.82. The number of hydrogen-bond donors (Lipinski definition) is 1. The van der Waals surface area contributed by atoms with E-state index < -0.39 is 0 Å². The SMILES string of the molecule is Cc1ccc(NC(=O)[C@H](C)Sc2nncn2C)c(Br)c1. The van der Waals surface area contributed by atoms with E-state index in [9.17, 15) is 4.79 Å². The zero-order valence-electron chi connectivity index (χ0n) is 11.4. The second-order valence-corrected chi connectivity index (χ2v) is 6.62. The average Bonchev–Trinajstić information content (AvgIpc) is 2.78. The number of amides is 1. The molecule has 0 aliphatic heterocycles. The van der Waals surface area contributed by atoms with Crippen LogP contribution >= 0.6 is 27.7 Å². The molecule has 0 bridgehead atoms. The predicted octanol–water partition coefficient (Wildman–Crippen LogP) is 3.01. The third-order valence-electron chi connectivity index (χ3n) is 2.70. The second-order valence-electron chi connectivity index (χ2n) is 4.46. The Morgan fingerprint density at radius 3 is 2.85 bits per heavy atom. The van der Waals surface area contributed by atoms with E-state index in [-0.39, 0.29) is 11.2 Å². The van der Waals surface area contributed by atoms with Gasteiger partial charge in [0.25, 0.3) is 0 Å². The van der Waals surface area contributed by atoms with Gasteiger partial charge in [0, 0.05) is 11.5 Å². The first-order valence-corrected chi connectivity index (χ1v) is 7.72. The van der Waals surface area contributed by atoms with Crippen LogP contribution in [0.2, 0.25) is 0 Å². The minimum absolute atomic E-state index is 0.0671. The molecule has 0 fully saturated rings. The van der Waals surface area contributed by atoms with Crippen LogP contribution < -0.4 is 5.32 Å². The minimum atomic E-state index is -0.258. The van der Waals surface area contributed by atoms with Crippen LogP contribution in [0.15, 0.2) is 34.2 Å². The van der Waals surface area contributed by atoms with E-state index in [4.69, 9.17) is 0 Å². The fourth-order valence-corrected chi connectivity index (χ4v) is 2.93. The molecular formula is C13H15BrN4OS. The highest BCUT2D eigenvalue weighted by Gasteiger charge is 2.18. The number of hydrogen-bond acceptors (Lipinski definition) is 4. The topological polar surface area (TPSA) is 59.8 Å². The Labute approximate surface area is 130 Å². The monoisotopic (exact) mass is 354 g/mol. The fourth-order valence-electron chi connectivity index (χ4n) is 1.55. The number of carbonyl (C=O) groups is 1. The maximum Gasteiger partial charge on any atom is 0.237 e. The normalized spacial score (nSPS) is 12.2. The molecule has 0 spiro atoms. The lowest BCUT2D eigenvalue weighted by atomic mass is 10.2. The van der Waals surface area contributed by atoms with E-state index in [2.05, 4.69) is 31.4 Å². The van der Waals surface area contributed by atoms with Gasteiger partial charge in [0.05, 0.1) is 10.9 Å². The first-order chi connectivity index (χ1) is 9.47. The molecule has 1 amide bonds. The molecule has 0 radical (unpaired) electrons. The predicted molar refractivity (Wildman–Crippen MR) is 83.8 cm³/mol. The molecule has 7 heteroatoms. The molecule has 0 saturated carbocycles. The van der Waals surface area contributed by atoms with Gasteiger partial charge < -0.3 is 9.88 Å². The number of benzene rings is 1. The fraction of sp³-hybridized carbons (Fsp3) is 0.308. The first kappa shape index (κ1) is 15.1. The molecule has 1 N–H and O–H groups in total. The Bertz CT molecular complexity index is 629. The van der Waals surface area contributed by atoms with Gasteiger partial charge in [0.15, 0.2) is 5.16 Å². The highest BCUT2D eigenvalue weighted by Crippen LogP contribution is 2.26. The second kappa shape index (κ2) is 6.41. The van der Waals surface area contributed by atoms with E-state index >= 15 is 0 Å². The minimum Gasteiger partial charge on any atom is -0.324 e. The van der Waals surface area contributed by atoms with Crippen LogP contribution in [0.1, 0.15) is 12.5 Å². The summed E-state index contributed by atoms with van der Waals surface area (Å²) in [4.78, 5) is 12.2. The Hall–Kier alpha value is -1.34. The number of aryl methyl sites for hydroxylation is 2. The summed E-state index contributed by atoms with van der Waals surface area (Å²) in [6.07, 6.45) is 1.61. The Morgan fingerprint density at radius 1 is 1.50 bits per heavy atom. The Balaban J connectivity index is 2.02. The first-order valence-electron chi connectivity index (χ1n) is 6.05. The lowest BCUT2D eigenvalue weighted by molar-refractivity contribution is -0.115. The summed E-state index contributed by atoms with van der Waals surface area (Å²) in [6.45, 7) is 3.85. The van der Waals surface area contributed by atoms with Crippen LogP contribution in [0.25, 0.3) is 0 Å². The molecule has 106 valence electrons. The van der Waals surface area contributed by atoms with Crippen molar-refractivity contribution in [2.75, 3.05) is 5.32 Å². The number of nitrogens with one attached hydrogen (secondary N) is 1. The zero-order valence-corrected chi connectivity index (χ0v) is 13.8. The van der Waals surface area contributed by atoms with E-state index in [0.717, 1.165) is 20.9 Å². The molecule has 1 heterocycles. The van der Waals surface area contributed by atoms with Gasteiger partial charge in [-0.1, -0.05) is 17.8 Å². The van der Waals surface area contributed by atoms with Crippen molar-refractivity contribution in [2.24, 2.45) is 7.05 Å². The quantitative estimate of drug-likeness (QED) is 0.857. The van der Waals surface area contributed by atoms with E-state index in [0.29, 0.717) is 0 Å². The van der Waals surface area contributed by atoms with Gasteiger partial charge in [-0.15, -0.1) is 10.2 Å². The molecule has 2 rings (SSSR count). The molecule has 0 saturated heterocycles. The third-order valence-corrected chi connectivity index (χ3v) is 4.51. The van der Waals surface area contributed by atoms with Crippen molar-refractivity contribution >= 4 is 39.3 Å². The van der Waals surface area contributed by atoms with Gasteiger partial charge in [-0.3, -0.25) is 4.79 Å². The average molecular weight is 355 g/mol.